The Morgan fingerprint density at radius 1 is 0.538 bits per heavy atom. The Morgan fingerprint density at radius 2 is 1.01 bits per heavy atom. The number of rotatable bonds is 33. The molecule has 24 heteroatoms. The summed E-state index contributed by atoms with van der Waals surface area (Å²) in [7, 11) is 0. The Balaban J connectivity index is 1.90. The summed E-state index contributed by atoms with van der Waals surface area (Å²) < 4.78 is 0. The number of nitrogens with zero attached hydrogens (tertiary/aromatic N) is 1. The van der Waals surface area contributed by atoms with Crippen molar-refractivity contribution in [3.05, 3.63) is 108 Å². The number of amides is 9. The van der Waals surface area contributed by atoms with Crippen molar-refractivity contribution in [1.29, 1.82) is 0 Å². The van der Waals surface area contributed by atoms with Crippen LogP contribution in [0.15, 0.2) is 96.0 Å². The number of nitrogens with two attached hydrogens (primary N) is 4. The van der Waals surface area contributed by atoms with Crippen LogP contribution in [0.1, 0.15) is 83.4 Å². The van der Waals surface area contributed by atoms with Crippen LogP contribution >= 0.6 is 0 Å². The van der Waals surface area contributed by atoms with Crippen LogP contribution in [-0.2, 0) is 67.2 Å². The number of carbonyl (C=O) groups is 10. The van der Waals surface area contributed by atoms with Gasteiger partial charge in [-0.1, -0.05) is 125 Å². The van der Waals surface area contributed by atoms with Gasteiger partial charge in [0, 0.05) is 19.4 Å². The van der Waals surface area contributed by atoms with Crippen LogP contribution in [0.2, 0.25) is 0 Å². The van der Waals surface area contributed by atoms with E-state index >= 15 is 0 Å². The zero-order chi connectivity index (χ0) is 57.9. The van der Waals surface area contributed by atoms with E-state index in [2.05, 4.69) is 47.5 Å². The molecule has 0 aliphatic carbocycles. The van der Waals surface area contributed by atoms with Crippen LogP contribution in [-0.4, -0.2) is 132 Å². The molecule has 0 saturated carbocycles. The Kier molecular flexibility index (Phi) is 26.9. The Morgan fingerprint density at radius 3 is 1.49 bits per heavy atom. The van der Waals surface area contributed by atoms with E-state index in [4.69, 9.17) is 22.9 Å². The van der Waals surface area contributed by atoms with Crippen molar-refractivity contribution < 1.29 is 53.1 Å². The second-order valence-corrected chi connectivity index (χ2v) is 19.4. The third kappa shape index (κ3) is 23.2. The van der Waals surface area contributed by atoms with Crippen molar-refractivity contribution in [2.24, 2.45) is 39.8 Å². The normalized spacial score (nSPS) is 14.4. The zero-order valence-electron chi connectivity index (χ0n) is 44.8. The van der Waals surface area contributed by atoms with Crippen molar-refractivity contribution in [2.45, 2.75) is 134 Å². The number of hydrogen-bond acceptors (Lipinski definition) is 12. The first-order valence-electron chi connectivity index (χ1n) is 25.8. The monoisotopic (exact) mass is 1080 g/mol. The average molecular weight is 1080 g/mol. The molecule has 78 heavy (non-hydrogen) atoms. The van der Waals surface area contributed by atoms with Crippen LogP contribution in [0.5, 0.6) is 0 Å². The number of primary amides is 1. The lowest BCUT2D eigenvalue weighted by atomic mass is 9.96. The molecule has 0 saturated heterocycles. The number of aliphatic imine (C=N–C) groups is 1. The standard InChI is InChI=1S/C54H77N13O11/c1-6-32(4)45(52(76)63-38(23-16-24-59-54(57)58)48(72)60-30-44(69)62-42(53(77)78)25-31(2)3)67-51(75)40(28-36-21-14-9-15-22-36)66-49(73)39(27-35-19-12-8-13-20-35)65-50(74)41(29-43(56)68)64-46(70)33(5)61-47(71)37(55)26-34-17-10-7-11-18-34/h7-15,17-22,31-33,37-42,45H,6,16,23-30,55H2,1-5H3,(H2,56,68)(H,60,72)(H,61,71)(H,62,69)(H,63,76)(H,64,70)(H,65,74)(H,66,73)(H,67,75)(H,77,78)(H4,57,58,59)/t32-,33-,37-,38-,39-,40-,41-,42-,45-/m0/s1. The summed E-state index contributed by atoms with van der Waals surface area (Å²) >= 11 is 0. The maximum Gasteiger partial charge on any atom is 0.326 e. The van der Waals surface area contributed by atoms with Gasteiger partial charge < -0.3 is 70.6 Å². The highest BCUT2D eigenvalue weighted by Gasteiger charge is 2.35. The lowest BCUT2D eigenvalue weighted by Gasteiger charge is -2.29. The fourth-order valence-electron chi connectivity index (χ4n) is 7.94. The molecule has 0 bridgehead atoms. The van der Waals surface area contributed by atoms with Gasteiger partial charge in [-0.25, -0.2) is 4.79 Å². The number of carboxylic acids is 1. The first-order valence-corrected chi connectivity index (χ1v) is 25.8. The summed E-state index contributed by atoms with van der Waals surface area (Å²) in [6, 6.07) is 15.5. The predicted octanol–water partition coefficient (Wildman–Crippen LogP) is -1.32. The molecule has 3 aromatic rings. The van der Waals surface area contributed by atoms with E-state index in [1.54, 1.807) is 113 Å². The summed E-state index contributed by atoms with van der Waals surface area (Å²) in [5.41, 5.74) is 24.6. The van der Waals surface area contributed by atoms with Crippen molar-refractivity contribution in [3.8, 4) is 0 Å². The molecule has 24 nitrogen and oxygen atoms in total. The van der Waals surface area contributed by atoms with Gasteiger partial charge in [0.15, 0.2) is 5.96 Å². The van der Waals surface area contributed by atoms with Crippen molar-refractivity contribution in [2.75, 3.05) is 13.1 Å². The fraction of sp³-hybridized carbons (Fsp3) is 0.463. The quantitative estimate of drug-likeness (QED) is 0.0191. The van der Waals surface area contributed by atoms with E-state index < -0.39 is 126 Å². The minimum atomic E-state index is -1.63. The zero-order valence-corrected chi connectivity index (χ0v) is 44.8. The number of aliphatic carboxylic acids is 1. The molecule has 0 fully saturated rings. The molecule has 0 radical (unpaired) electrons. The molecule has 9 atom stereocenters. The first-order chi connectivity index (χ1) is 37.0. The van der Waals surface area contributed by atoms with Crippen LogP contribution in [0.25, 0.3) is 0 Å². The van der Waals surface area contributed by atoms with Gasteiger partial charge in [0.1, 0.15) is 42.3 Å². The summed E-state index contributed by atoms with van der Waals surface area (Å²) in [6.07, 6.45) is -0.163. The molecule has 3 rings (SSSR count). The molecule has 0 spiro atoms. The maximum atomic E-state index is 14.6. The van der Waals surface area contributed by atoms with E-state index in [0.717, 1.165) is 5.56 Å². The smallest absolute Gasteiger partial charge is 0.326 e. The third-order valence-corrected chi connectivity index (χ3v) is 12.4. The molecule has 3 aromatic carbocycles. The van der Waals surface area contributed by atoms with Crippen molar-refractivity contribution in [1.82, 2.24) is 42.5 Å². The number of nitrogens with one attached hydrogen (secondary N) is 8. The Labute approximate surface area is 454 Å². The second kappa shape index (κ2) is 32.9. The molecule has 17 N–H and O–H groups in total. The number of guanidine groups is 1. The largest absolute Gasteiger partial charge is 0.480 e. The number of hydrogen-bond donors (Lipinski definition) is 13. The van der Waals surface area contributed by atoms with Gasteiger partial charge in [0.2, 0.25) is 53.2 Å². The van der Waals surface area contributed by atoms with Crippen LogP contribution < -0.4 is 65.5 Å². The van der Waals surface area contributed by atoms with Crippen LogP contribution in [0.3, 0.4) is 0 Å². The molecular weight excluding hydrogens is 1010 g/mol. The Hall–Kier alpha value is -8.41. The predicted molar refractivity (Wildman–Crippen MR) is 291 cm³/mol. The summed E-state index contributed by atoms with van der Waals surface area (Å²) in [5.74, 6) is -9.66. The molecule has 0 aliphatic rings. The van der Waals surface area contributed by atoms with E-state index in [1.807, 2.05) is 6.07 Å². The van der Waals surface area contributed by atoms with Gasteiger partial charge in [-0.15, -0.1) is 0 Å². The maximum absolute atomic E-state index is 14.6. The minimum absolute atomic E-state index is 0.0348. The summed E-state index contributed by atoms with van der Waals surface area (Å²) in [6.45, 7) is 7.83. The minimum Gasteiger partial charge on any atom is -0.480 e. The first kappa shape index (κ1) is 63.9. The van der Waals surface area contributed by atoms with Gasteiger partial charge in [-0.05, 0) is 61.1 Å². The molecule has 0 heterocycles. The van der Waals surface area contributed by atoms with Crippen molar-refractivity contribution in [3.63, 3.8) is 0 Å². The number of carbonyl (C=O) groups excluding carboxylic acids is 9. The lowest BCUT2D eigenvalue weighted by Crippen LogP contribution is -2.61. The summed E-state index contributed by atoms with van der Waals surface area (Å²) in [5, 5.41) is 30.1. The number of benzene rings is 3. The van der Waals surface area contributed by atoms with Gasteiger partial charge in [-0.3, -0.25) is 48.1 Å². The van der Waals surface area contributed by atoms with Gasteiger partial charge in [0.05, 0.1) is 19.0 Å². The SMILES string of the molecule is CC[C@H](C)[C@H](NC(=O)[C@H](Cc1ccccc1)NC(=O)[C@H](Cc1ccccc1)NC(=O)[C@H](CC(N)=O)NC(=O)[C@H](C)NC(=O)[C@@H](N)Cc1ccccc1)C(=O)N[C@@H](CCCN=C(N)N)C(=O)NCC(=O)N[C@@H](CC(C)C)C(=O)O. The number of carboxylic acid groups (broad SMARTS) is 1. The highest BCUT2D eigenvalue weighted by molar-refractivity contribution is 5.99. The molecule has 0 unspecified atom stereocenters. The van der Waals surface area contributed by atoms with E-state index in [9.17, 15) is 53.1 Å². The summed E-state index contributed by atoms with van der Waals surface area (Å²) in [4.78, 5) is 138. The molecule has 0 aromatic heterocycles. The van der Waals surface area contributed by atoms with Gasteiger partial charge in [0.25, 0.3) is 0 Å². The third-order valence-electron chi connectivity index (χ3n) is 12.4. The highest BCUT2D eigenvalue weighted by atomic mass is 16.4. The van der Waals surface area contributed by atoms with Crippen LogP contribution in [0, 0.1) is 11.8 Å². The molecular formula is C54H77N13O11. The lowest BCUT2D eigenvalue weighted by molar-refractivity contribution is -0.142. The van der Waals surface area contributed by atoms with E-state index in [-0.39, 0.29) is 56.9 Å². The fourth-order valence-corrected chi connectivity index (χ4v) is 7.94. The topological polar surface area (TPSA) is 404 Å². The van der Waals surface area contributed by atoms with E-state index in [1.165, 1.54) is 6.92 Å². The van der Waals surface area contributed by atoms with Gasteiger partial charge in [-0.2, -0.15) is 0 Å². The van der Waals surface area contributed by atoms with E-state index in [0.29, 0.717) is 17.5 Å². The Bertz CT molecular complexity index is 2510. The second-order valence-electron chi connectivity index (χ2n) is 19.4. The van der Waals surface area contributed by atoms with Crippen molar-refractivity contribution >= 4 is 65.1 Å². The molecule has 424 valence electrons. The molecule has 0 aliphatic heterocycles. The highest BCUT2D eigenvalue weighted by Crippen LogP contribution is 2.13. The molecule has 9 amide bonds. The van der Waals surface area contributed by atoms with Crippen LogP contribution in [0.4, 0.5) is 0 Å². The van der Waals surface area contributed by atoms with Gasteiger partial charge >= 0.3 is 5.97 Å². The average Bonchev–Trinajstić information content (AvgIpc) is 3.39.